The van der Waals surface area contributed by atoms with Crippen molar-refractivity contribution in [3.05, 3.63) is 42.5 Å². The summed E-state index contributed by atoms with van der Waals surface area (Å²) in [6, 6.07) is 5.45. The summed E-state index contributed by atoms with van der Waals surface area (Å²) in [6.45, 7) is 0. The molecule has 0 bridgehead atoms. The molecular formula is C10H9N3O. The minimum absolute atomic E-state index is 0.298. The number of carbonyl (C=O) groups excluding carboxylic acids is 1. The molecule has 0 saturated carbocycles. The first-order chi connectivity index (χ1) is 6.79. The van der Waals surface area contributed by atoms with Gasteiger partial charge in [0.1, 0.15) is 5.69 Å². The van der Waals surface area contributed by atoms with Crippen molar-refractivity contribution in [2.75, 3.05) is 0 Å². The lowest BCUT2D eigenvalue weighted by atomic mass is 10.1. The molecule has 2 rings (SSSR count). The van der Waals surface area contributed by atoms with Crippen LogP contribution in [0, 0.1) is 0 Å². The molecule has 4 nitrogen and oxygen atoms in total. The van der Waals surface area contributed by atoms with Gasteiger partial charge in [-0.3, -0.25) is 9.78 Å². The number of aromatic nitrogens is 2. The molecule has 0 aliphatic rings. The van der Waals surface area contributed by atoms with Crippen molar-refractivity contribution in [3.63, 3.8) is 0 Å². The second kappa shape index (κ2) is 3.33. The molecule has 0 aromatic carbocycles. The van der Waals surface area contributed by atoms with E-state index in [0.29, 0.717) is 5.69 Å². The highest BCUT2D eigenvalue weighted by Gasteiger charge is 2.10. The highest BCUT2D eigenvalue weighted by atomic mass is 16.1. The van der Waals surface area contributed by atoms with Crippen LogP contribution in [0.25, 0.3) is 11.1 Å². The number of rotatable bonds is 2. The Labute approximate surface area is 80.8 Å². The van der Waals surface area contributed by atoms with Crippen LogP contribution in [-0.4, -0.2) is 15.9 Å². The van der Waals surface area contributed by atoms with Gasteiger partial charge >= 0.3 is 0 Å². The monoisotopic (exact) mass is 187 g/mol. The van der Waals surface area contributed by atoms with Crippen molar-refractivity contribution in [1.82, 2.24) is 9.97 Å². The maximum absolute atomic E-state index is 11.1. The molecule has 4 heteroatoms. The van der Waals surface area contributed by atoms with Crippen LogP contribution in [0.5, 0.6) is 0 Å². The maximum Gasteiger partial charge on any atom is 0.267 e. The Morgan fingerprint density at radius 2 is 2.29 bits per heavy atom. The zero-order chi connectivity index (χ0) is 9.97. The second-order valence-electron chi connectivity index (χ2n) is 2.86. The number of aromatic amines is 1. The summed E-state index contributed by atoms with van der Waals surface area (Å²) in [5.41, 5.74) is 7.17. The third kappa shape index (κ3) is 1.37. The number of amides is 1. The van der Waals surface area contributed by atoms with Gasteiger partial charge < -0.3 is 10.7 Å². The number of carbonyl (C=O) groups is 1. The summed E-state index contributed by atoms with van der Waals surface area (Å²) in [5.74, 6) is -0.512. The molecule has 2 aromatic rings. The number of nitrogens with one attached hydrogen (secondary N) is 1. The van der Waals surface area contributed by atoms with Crippen LogP contribution in [0.4, 0.5) is 0 Å². The fourth-order valence-corrected chi connectivity index (χ4v) is 1.33. The van der Waals surface area contributed by atoms with Crippen molar-refractivity contribution < 1.29 is 4.79 Å². The first-order valence-corrected chi connectivity index (χ1v) is 4.17. The van der Waals surface area contributed by atoms with Crippen molar-refractivity contribution in [3.8, 4) is 11.1 Å². The largest absolute Gasteiger partial charge is 0.367 e. The molecule has 0 atom stereocenters. The van der Waals surface area contributed by atoms with Crippen LogP contribution in [0.3, 0.4) is 0 Å². The van der Waals surface area contributed by atoms with Crippen molar-refractivity contribution in [2.24, 2.45) is 5.73 Å². The van der Waals surface area contributed by atoms with Crippen molar-refractivity contribution in [1.29, 1.82) is 0 Å². The zero-order valence-corrected chi connectivity index (χ0v) is 7.40. The first kappa shape index (κ1) is 8.50. The minimum Gasteiger partial charge on any atom is -0.367 e. The standard InChI is InChI=1S/C10H9N3O/c11-10(14)9-8(2-1-4-13-9)7-3-5-12-6-7/h1-6,12H,(H2,11,14). The average molecular weight is 187 g/mol. The van der Waals surface area contributed by atoms with E-state index in [1.54, 1.807) is 24.7 Å². The number of primary amides is 1. The highest BCUT2D eigenvalue weighted by Crippen LogP contribution is 2.20. The smallest absolute Gasteiger partial charge is 0.267 e. The molecular weight excluding hydrogens is 178 g/mol. The molecule has 0 aliphatic heterocycles. The van der Waals surface area contributed by atoms with Crippen LogP contribution in [0.2, 0.25) is 0 Å². The van der Waals surface area contributed by atoms with Gasteiger partial charge in [0, 0.05) is 29.7 Å². The number of hydrogen-bond acceptors (Lipinski definition) is 2. The number of nitrogens with zero attached hydrogens (tertiary/aromatic N) is 1. The topological polar surface area (TPSA) is 71.8 Å². The van der Waals surface area contributed by atoms with E-state index < -0.39 is 5.91 Å². The predicted octanol–water partition coefficient (Wildman–Crippen LogP) is 1.18. The summed E-state index contributed by atoms with van der Waals surface area (Å²) in [7, 11) is 0. The predicted molar refractivity (Wildman–Crippen MR) is 52.5 cm³/mol. The molecule has 70 valence electrons. The third-order valence-electron chi connectivity index (χ3n) is 1.95. The SMILES string of the molecule is NC(=O)c1ncccc1-c1cc[nH]c1. The van der Waals surface area contributed by atoms with E-state index in [9.17, 15) is 4.79 Å². The Bertz CT molecular complexity index is 448. The summed E-state index contributed by atoms with van der Waals surface area (Å²) in [6.07, 6.45) is 5.13. The van der Waals surface area contributed by atoms with E-state index in [0.717, 1.165) is 11.1 Å². The molecule has 2 heterocycles. The van der Waals surface area contributed by atoms with Gasteiger partial charge in [0.15, 0.2) is 0 Å². The molecule has 0 aliphatic carbocycles. The van der Waals surface area contributed by atoms with Gasteiger partial charge in [-0.25, -0.2) is 0 Å². The van der Waals surface area contributed by atoms with Crippen LogP contribution in [-0.2, 0) is 0 Å². The van der Waals surface area contributed by atoms with Crippen molar-refractivity contribution >= 4 is 5.91 Å². The Morgan fingerprint density at radius 1 is 1.43 bits per heavy atom. The molecule has 0 fully saturated rings. The lowest BCUT2D eigenvalue weighted by Crippen LogP contribution is -2.14. The van der Waals surface area contributed by atoms with Gasteiger partial charge in [0.25, 0.3) is 5.91 Å². The number of nitrogens with two attached hydrogens (primary N) is 1. The number of H-pyrrole nitrogens is 1. The van der Waals surface area contributed by atoms with Gasteiger partial charge in [-0.1, -0.05) is 6.07 Å². The molecule has 14 heavy (non-hydrogen) atoms. The lowest BCUT2D eigenvalue weighted by molar-refractivity contribution is 0.0996. The second-order valence-corrected chi connectivity index (χ2v) is 2.86. The molecule has 0 saturated heterocycles. The van der Waals surface area contributed by atoms with Gasteiger partial charge in [0.05, 0.1) is 0 Å². The van der Waals surface area contributed by atoms with E-state index in [-0.39, 0.29) is 0 Å². The number of pyridine rings is 1. The van der Waals surface area contributed by atoms with Crippen LogP contribution in [0.1, 0.15) is 10.5 Å². The molecule has 0 spiro atoms. The summed E-state index contributed by atoms with van der Waals surface area (Å²) >= 11 is 0. The Hall–Kier alpha value is -2.10. The van der Waals surface area contributed by atoms with Gasteiger partial charge in [-0.2, -0.15) is 0 Å². The molecule has 0 radical (unpaired) electrons. The van der Waals surface area contributed by atoms with Crippen LogP contribution in [0.15, 0.2) is 36.8 Å². The third-order valence-corrected chi connectivity index (χ3v) is 1.95. The van der Waals surface area contributed by atoms with E-state index in [4.69, 9.17) is 5.73 Å². The minimum atomic E-state index is -0.512. The molecule has 2 aromatic heterocycles. The fourth-order valence-electron chi connectivity index (χ4n) is 1.33. The summed E-state index contributed by atoms with van der Waals surface area (Å²) in [4.78, 5) is 17.9. The van der Waals surface area contributed by atoms with Crippen LogP contribution < -0.4 is 5.73 Å². The van der Waals surface area contributed by atoms with Crippen LogP contribution >= 0.6 is 0 Å². The van der Waals surface area contributed by atoms with Gasteiger partial charge in [-0.05, 0) is 12.1 Å². The lowest BCUT2D eigenvalue weighted by Gasteiger charge is -2.01. The van der Waals surface area contributed by atoms with E-state index >= 15 is 0 Å². The summed E-state index contributed by atoms with van der Waals surface area (Å²) < 4.78 is 0. The maximum atomic E-state index is 11.1. The summed E-state index contributed by atoms with van der Waals surface area (Å²) in [5, 5.41) is 0. The van der Waals surface area contributed by atoms with Gasteiger partial charge in [0.2, 0.25) is 0 Å². The first-order valence-electron chi connectivity index (χ1n) is 4.17. The van der Waals surface area contributed by atoms with E-state index in [2.05, 4.69) is 9.97 Å². The van der Waals surface area contributed by atoms with Gasteiger partial charge in [-0.15, -0.1) is 0 Å². The Balaban J connectivity index is 2.58. The van der Waals surface area contributed by atoms with Crippen molar-refractivity contribution in [2.45, 2.75) is 0 Å². The molecule has 0 unspecified atom stereocenters. The normalized spacial score (nSPS) is 10.0. The number of hydrogen-bond donors (Lipinski definition) is 2. The van der Waals surface area contributed by atoms with E-state index in [1.807, 2.05) is 12.1 Å². The average Bonchev–Trinajstić information content (AvgIpc) is 2.70. The Morgan fingerprint density at radius 3 is 2.93 bits per heavy atom. The molecule has 3 N–H and O–H groups in total. The van der Waals surface area contributed by atoms with E-state index in [1.165, 1.54) is 0 Å². The fraction of sp³-hybridized carbons (Fsp3) is 0. The zero-order valence-electron chi connectivity index (χ0n) is 7.40. The Kier molecular flexibility index (Phi) is 2.02. The highest BCUT2D eigenvalue weighted by molar-refractivity contribution is 5.97. The quantitative estimate of drug-likeness (QED) is 0.740. The molecule has 1 amide bonds.